The average molecular weight is 251 g/mol. The molecule has 0 fully saturated rings. The largest absolute Gasteiger partial charge is 0.481 e. The van der Waals surface area contributed by atoms with Crippen molar-refractivity contribution in [3.05, 3.63) is 18.1 Å². The maximum Gasteiger partial charge on any atom is 0.305 e. The highest BCUT2D eigenvalue weighted by molar-refractivity contribution is 5.68. The number of carboxylic acid groups (broad SMARTS) is 1. The van der Waals surface area contributed by atoms with Crippen LogP contribution in [0.25, 0.3) is 0 Å². The molecule has 1 N–H and O–H groups in total. The summed E-state index contributed by atoms with van der Waals surface area (Å²) in [7, 11) is 0. The number of nitrogens with zero attached hydrogens (tertiary/aromatic N) is 3. The molecule has 0 radical (unpaired) electrons. The van der Waals surface area contributed by atoms with E-state index in [9.17, 15) is 4.79 Å². The Hall–Kier alpha value is -1.65. The molecule has 1 heterocycles. The summed E-state index contributed by atoms with van der Waals surface area (Å²) in [5, 5.41) is 8.85. The highest BCUT2D eigenvalue weighted by atomic mass is 16.4. The van der Waals surface area contributed by atoms with Gasteiger partial charge in [-0.05, 0) is 20.3 Å². The highest BCUT2D eigenvalue weighted by Gasteiger charge is 2.17. The predicted molar refractivity (Wildman–Crippen MR) is 70.8 cm³/mol. The van der Waals surface area contributed by atoms with E-state index in [4.69, 9.17) is 5.11 Å². The first-order valence-electron chi connectivity index (χ1n) is 6.37. The minimum atomic E-state index is -0.788. The molecule has 0 aliphatic carbocycles. The van der Waals surface area contributed by atoms with Crippen molar-refractivity contribution in [1.82, 2.24) is 9.97 Å². The van der Waals surface area contributed by atoms with Gasteiger partial charge in [0, 0.05) is 24.3 Å². The molecule has 0 aliphatic rings. The summed E-state index contributed by atoms with van der Waals surface area (Å²) in [6.07, 6.45) is 3.62. The highest BCUT2D eigenvalue weighted by Crippen LogP contribution is 2.16. The number of aromatic nitrogens is 2. The molecule has 1 rings (SSSR count). The van der Waals surface area contributed by atoms with Gasteiger partial charge in [0.25, 0.3) is 0 Å². The van der Waals surface area contributed by atoms with Gasteiger partial charge < -0.3 is 10.0 Å². The lowest BCUT2D eigenvalue weighted by Crippen LogP contribution is -2.35. The van der Waals surface area contributed by atoms with Crippen molar-refractivity contribution in [2.75, 3.05) is 11.4 Å². The fourth-order valence-electron chi connectivity index (χ4n) is 2.00. The number of carboxylic acids is 1. The number of aliphatic carboxylic acids is 1. The predicted octanol–water partition coefficient (Wildman–Crippen LogP) is 2.12. The fraction of sp³-hybridized carbons (Fsp3) is 0.615. The van der Waals surface area contributed by atoms with Crippen LogP contribution in [0, 0.1) is 0 Å². The molecule has 0 amide bonds. The smallest absolute Gasteiger partial charge is 0.305 e. The molecule has 1 aromatic rings. The van der Waals surface area contributed by atoms with Crippen LogP contribution in [0.4, 0.5) is 5.82 Å². The average Bonchev–Trinajstić information content (AvgIpc) is 2.30. The molecule has 1 unspecified atom stereocenters. The van der Waals surface area contributed by atoms with E-state index in [1.807, 2.05) is 24.8 Å². The Morgan fingerprint density at radius 3 is 2.72 bits per heavy atom. The molecular weight excluding hydrogens is 230 g/mol. The van der Waals surface area contributed by atoms with Gasteiger partial charge in [0.15, 0.2) is 0 Å². The molecular formula is C13H21N3O2. The third-order valence-corrected chi connectivity index (χ3v) is 2.85. The Bertz CT molecular complexity index is 396. The molecule has 0 saturated carbocycles. The second-order valence-electron chi connectivity index (χ2n) is 4.35. The van der Waals surface area contributed by atoms with Crippen LogP contribution in [0.15, 0.2) is 12.4 Å². The number of anilines is 1. The van der Waals surface area contributed by atoms with Gasteiger partial charge in [0.1, 0.15) is 12.1 Å². The van der Waals surface area contributed by atoms with E-state index >= 15 is 0 Å². The first-order chi connectivity index (χ1) is 8.58. The molecule has 18 heavy (non-hydrogen) atoms. The summed E-state index contributed by atoms with van der Waals surface area (Å²) in [5.41, 5.74) is 1.00. The molecule has 5 nitrogen and oxygen atoms in total. The lowest BCUT2D eigenvalue weighted by Gasteiger charge is -2.28. The van der Waals surface area contributed by atoms with Crippen LogP contribution in [-0.2, 0) is 11.2 Å². The minimum Gasteiger partial charge on any atom is -0.481 e. The number of rotatable bonds is 7. The van der Waals surface area contributed by atoms with Crippen molar-refractivity contribution >= 4 is 11.8 Å². The van der Waals surface area contributed by atoms with Crippen molar-refractivity contribution in [1.29, 1.82) is 0 Å². The number of aryl methyl sites for hydroxylation is 1. The first kappa shape index (κ1) is 14.4. The van der Waals surface area contributed by atoms with Crippen LogP contribution >= 0.6 is 0 Å². The van der Waals surface area contributed by atoms with E-state index in [0.29, 0.717) is 0 Å². The van der Waals surface area contributed by atoms with Crippen LogP contribution in [0.2, 0.25) is 0 Å². The van der Waals surface area contributed by atoms with Gasteiger partial charge in [-0.3, -0.25) is 4.79 Å². The van der Waals surface area contributed by atoms with E-state index in [-0.39, 0.29) is 12.5 Å². The van der Waals surface area contributed by atoms with Crippen LogP contribution in [0.5, 0.6) is 0 Å². The Morgan fingerprint density at radius 1 is 1.44 bits per heavy atom. The Morgan fingerprint density at radius 2 is 2.17 bits per heavy atom. The van der Waals surface area contributed by atoms with Crippen molar-refractivity contribution in [3.63, 3.8) is 0 Å². The quantitative estimate of drug-likeness (QED) is 0.804. The third kappa shape index (κ3) is 3.98. The van der Waals surface area contributed by atoms with Crippen molar-refractivity contribution < 1.29 is 9.90 Å². The zero-order valence-corrected chi connectivity index (χ0v) is 11.3. The molecule has 0 aliphatic heterocycles. The van der Waals surface area contributed by atoms with Crippen LogP contribution in [-0.4, -0.2) is 33.6 Å². The number of hydrogen-bond donors (Lipinski definition) is 1. The first-order valence-corrected chi connectivity index (χ1v) is 6.37. The van der Waals surface area contributed by atoms with Gasteiger partial charge in [-0.15, -0.1) is 0 Å². The minimum absolute atomic E-state index is 0.0723. The summed E-state index contributed by atoms with van der Waals surface area (Å²) >= 11 is 0. The van der Waals surface area contributed by atoms with E-state index in [1.165, 1.54) is 0 Å². The second kappa shape index (κ2) is 6.93. The molecule has 0 saturated heterocycles. The fourth-order valence-corrected chi connectivity index (χ4v) is 2.00. The topological polar surface area (TPSA) is 66.3 Å². The van der Waals surface area contributed by atoms with Gasteiger partial charge >= 0.3 is 5.97 Å². The molecule has 100 valence electrons. The second-order valence-corrected chi connectivity index (χ2v) is 4.35. The van der Waals surface area contributed by atoms with Crippen molar-refractivity contribution in [2.24, 2.45) is 0 Å². The lowest BCUT2D eigenvalue weighted by molar-refractivity contribution is -0.137. The molecule has 0 spiro atoms. The normalized spacial score (nSPS) is 12.2. The summed E-state index contributed by atoms with van der Waals surface area (Å²) in [5.74, 6) is 0.0217. The zero-order chi connectivity index (χ0) is 13.5. The SMILES string of the molecule is CCCc1cc(N(CC)C(C)CC(=O)O)ncn1. The summed E-state index contributed by atoms with van der Waals surface area (Å²) in [6.45, 7) is 6.74. The van der Waals surface area contributed by atoms with Gasteiger partial charge in [0.2, 0.25) is 0 Å². The van der Waals surface area contributed by atoms with Gasteiger partial charge in [0.05, 0.1) is 6.42 Å². The van der Waals surface area contributed by atoms with E-state index in [1.54, 1.807) is 6.33 Å². The zero-order valence-electron chi connectivity index (χ0n) is 11.3. The molecule has 1 aromatic heterocycles. The maximum atomic E-state index is 10.8. The van der Waals surface area contributed by atoms with Crippen LogP contribution in [0.1, 0.15) is 39.3 Å². The maximum absolute atomic E-state index is 10.8. The van der Waals surface area contributed by atoms with Crippen LogP contribution in [0.3, 0.4) is 0 Å². The van der Waals surface area contributed by atoms with Gasteiger partial charge in [-0.2, -0.15) is 0 Å². The standard InChI is InChI=1S/C13H21N3O2/c1-4-6-11-8-12(15-9-14-11)16(5-2)10(3)7-13(17)18/h8-10H,4-7H2,1-3H3,(H,17,18). The van der Waals surface area contributed by atoms with Gasteiger partial charge in [-0.25, -0.2) is 9.97 Å². The summed E-state index contributed by atoms with van der Waals surface area (Å²) in [6, 6.07) is 1.88. The third-order valence-electron chi connectivity index (χ3n) is 2.85. The van der Waals surface area contributed by atoms with Crippen molar-refractivity contribution in [3.8, 4) is 0 Å². The number of carbonyl (C=O) groups is 1. The number of hydrogen-bond acceptors (Lipinski definition) is 4. The summed E-state index contributed by atoms with van der Waals surface area (Å²) in [4.78, 5) is 21.2. The summed E-state index contributed by atoms with van der Waals surface area (Å²) < 4.78 is 0. The van der Waals surface area contributed by atoms with Gasteiger partial charge in [-0.1, -0.05) is 13.3 Å². The van der Waals surface area contributed by atoms with E-state index in [2.05, 4.69) is 16.9 Å². The van der Waals surface area contributed by atoms with Crippen molar-refractivity contribution in [2.45, 2.75) is 46.1 Å². The Balaban J connectivity index is 2.86. The Labute approximate surface area is 108 Å². The molecule has 5 heteroatoms. The Kier molecular flexibility index (Phi) is 5.55. The molecule has 0 aromatic carbocycles. The monoisotopic (exact) mass is 251 g/mol. The lowest BCUT2D eigenvalue weighted by atomic mass is 10.2. The van der Waals surface area contributed by atoms with Crippen LogP contribution < -0.4 is 4.90 Å². The molecule has 0 bridgehead atoms. The molecule has 1 atom stereocenters. The van der Waals surface area contributed by atoms with E-state index < -0.39 is 5.97 Å². The van der Waals surface area contributed by atoms with E-state index in [0.717, 1.165) is 30.9 Å².